The molecule has 0 N–H and O–H groups in total. The van der Waals surface area contributed by atoms with E-state index < -0.39 is 0 Å². The van der Waals surface area contributed by atoms with Crippen LogP contribution in [0.5, 0.6) is 0 Å². The second kappa shape index (κ2) is 3.52. The number of hydrogen-bond acceptors (Lipinski definition) is 2. The van der Waals surface area contributed by atoms with Crippen LogP contribution in [0.3, 0.4) is 0 Å². The normalized spacial score (nSPS) is 24.6. The lowest BCUT2D eigenvalue weighted by atomic mass is 10.1. The molecule has 2 heteroatoms. The van der Waals surface area contributed by atoms with Gasteiger partial charge in [-0.15, -0.1) is 0 Å². The summed E-state index contributed by atoms with van der Waals surface area (Å²) in [7, 11) is 0. The highest BCUT2D eigenvalue weighted by Crippen LogP contribution is 2.19. The van der Waals surface area contributed by atoms with Gasteiger partial charge in [0.05, 0.1) is 6.10 Å². The van der Waals surface area contributed by atoms with Crippen molar-refractivity contribution < 1.29 is 9.53 Å². The van der Waals surface area contributed by atoms with Crippen LogP contribution in [-0.4, -0.2) is 19.0 Å². The fraction of sp³-hybridized carbons (Fsp3) is 0.625. The van der Waals surface area contributed by atoms with E-state index in [0.29, 0.717) is 6.42 Å². The highest BCUT2D eigenvalue weighted by Gasteiger charge is 2.17. The van der Waals surface area contributed by atoms with E-state index in [1.165, 1.54) is 0 Å². The van der Waals surface area contributed by atoms with Crippen LogP contribution >= 0.6 is 0 Å². The van der Waals surface area contributed by atoms with Crippen molar-refractivity contribution in [2.45, 2.75) is 25.4 Å². The van der Waals surface area contributed by atoms with Crippen LogP contribution in [0.15, 0.2) is 12.2 Å². The average Bonchev–Trinajstić information content (AvgIpc) is 2.38. The predicted octanol–water partition coefficient (Wildman–Crippen LogP) is 1.31. The van der Waals surface area contributed by atoms with E-state index in [4.69, 9.17) is 4.74 Å². The minimum atomic E-state index is 0.158. The summed E-state index contributed by atoms with van der Waals surface area (Å²) in [5, 5.41) is 0. The number of rotatable bonds is 3. The third-order valence-electron chi connectivity index (χ3n) is 1.73. The Kier molecular flexibility index (Phi) is 2.63. The molecule has 56 valence electrons. The molecule has 1 fully saturated rings. The standard InChI is InChI=1S/C8H12O2/c1-7(4-5-9)8-3-2-6-10-8/h5,8H,1-4,6H2. The number of aldehydes is 1. The van der Waals surface area contributed by atoms with Crippen molar-refractivity contribution in [2.24, 2.45) is 0 Å². The van der Waals surface area contributed by atoms with Crippen molar-refractivity contribution in [3.63, 3.8) is 0 Å². The summed E-state index contributed by atoms with van der Waals surface area (Å²) in [6.45, 7) is 4.59. The Balaban J connectivity index is 2.32. The molecule has 1 heterocycles. The number of carbonyl (C=O) groups is 1. The van der Waals surface area contributed by atoms with Crippen LogP contribution < -0.4 is 0 Å². The molecular formula is C8H12O2. The van der Waals surface area contributed by atoms with Gasteiger partial charge in [-0.05, 0) is 18.4 Å². The molecule has 1 aliphatic rings. The first kappa shape index (κ1) is 7.48. The number of carbonyl (C=O) groups excluding carboxylic acids is 1. The minimum absolute atomic E-state index is 0.158. The largest absolute Gasteiger partial charge is 0.374 e. The first-order valence-electron chi connectivity index (χ1n) is 3.57. The fourth-order valence-electron chi connectivity index (χ4n) is 1.14. The van der Waals surface area contributed by atoms with Crippen LogP contribution in [0.4, 0.5) is 0 Å². The van der Waals surface area contributed by atoms with E-state index >= 15 is 0 Å². The van der Waals surface area contributed by atoms with Crippen molar-refractivity contribution in [1.82, 2.24) is 0 Å². The Hall–Kier alpha value is -0.630. The van der Waals surface area contributed by atoms with Gasteiger partial charge in [0.25, 0.3) is 0 Å². The van der Waals surface area contributed by atoms with Crippen LogP contribution in [0.2, 0.25) is 0 Å². The molecule has 0 amide bonds. The maximum atomic E-state index is 10.1. The SMILES string of the molecule is C=C(CC=O)C1CCCO1. The Labute approximate surface area is 60.9 Å². The average molecular weight is 140 g/mol. The lowest BCUT2D eigenvalue weighted by molar-refractivity contribution is -0.107. The molecular weight excluding hydrogens is 128 g/mol. The first-order valence-corrected chi connectivity index (χ1v) is 3.57. The molecule has 0 radical (unpaired) electrons. The zero-order valence-corrected chi connectivity index (χ0v) is 6.01. The first-order chi connectivity index (χ1) is 4.84. The zero-order chi connectivity index (χ0) is 7.40. The quantitative estimate of drug-likeness (QED) is 0.436. The van der Waals surface area contributed by atoms with Crippen LogP contribution in [0.25, 0.3) is 0 Å². The van der Waals surface area contributed by atoms with Crippen molar-refractivity contribution in [3.8, 4) is 0 Å². The third-order valence-corrected chi connectivity index (χ3v) is 1.73. The number of hydrogen-bond donors (Lipinski definition) is 0. The fourth-order valence-corrected chi connectivity index (χ4v) is 1.14. The van der Waals surface area contributed by atoms with Crippen molar-refractivity contribution >= 4 is 6.29 Å². The molecule has 0 aromatic rings. The van der Waals surface area contributed by atoms with Gasteiger partial charge in [-0.25, -0.2) is 0 Å². The molecule has 0 aromatic carbocycles. The summed E-state index contributed by atoms with van der Waals surface area (Å²) >= 11 is 0. The third kappa shape index (κ3) is 1.67. The zero-order valence-electron chi connectivity index (χ0n) is 6.01. The molecule has 0 saturated carbocycles. The summed E-state index contributed by atoms with van der Waals surface area (Å²) in [4.78, 5) is 10.1. The molecule has 0 aliphatic carbocycles. The van der Waals surface area contributed by atoms with E-state index in [1.54, 1.807) is 0 Å². The summed E-state index contributed by atoms with van der Waals surface area (Å²) in [5.41, 5.74) is 0.924. The molecule has 0 spiro atoms. The highest BCUT2D eigenvalue weighted by atomic mass is 16.5. The lowest BCUT2D eigenvalue weighted by Gasteiger charge is -2.08. The van der Waals surface area contributed by atoms with Gasteiger partial charge in [-0.1, -0.05) is 6.58 Å². The van der Waals surface area contributed by atoms with Gasteiger partial charge in [-0.2, -0.15) is 0 Å². The van der Waals surface area contributed by atoms with Crippen molar-refractivity contribution in [3.05, 3.63) is 12.2 Å². The Morgan fingerprint density at radius 2 is 2.60 bits per heavy atom. The van der Waals surface area contributed by atoms with Crippen LogP contribution in [0, 0.1) is 0 Å². The molecule has 0 bridgehead atoms. The van der Waals surface area contributed by atoms with E-state index in [2.05, 4.69) is 6.58 Å². The molecule has 1 aliphatic heterocycles. The van der Waals surface area contributed by atoms with E-state index in [9.17, 15) is 4.79 Å². The van der Waals surface area contributed by atoms with Crippen molar-refractivity contribution in [2.75, 3.05) is 6.61 Å². The Bertz CT molecular complexity index is 134. The van der Waals surface area contributed by atoms with Gasteiger partial charge < -0.3 is 9.53 Å². The predicted molar refractivity (Wildman–Crippen MR) is 38.8 cm³/mol. The van der Waals surface area contributed by atoms with Crippen LogP contribution in [-0.2, 0) is 9.53 Å². The van der Waals surface area contributed by atoms with Gasteiger partial charge in [0.1, 0.15) is 6.29 Å². The summed E-state index contributed by atoms with van der Waals surface area (Å²) in [6, 6.07) is 0. The second-order valence-corrected chi connectivity index (χ2v) is 2.53. The molecule has 1 unspecified atom stereocenters. The van der Waals surface area contributed by atoms with Gasteiger partial charge in [0.15, 0.2) is 0 Å². The molecule has 1 atom stereocenters. The van der Waals surface area contributed by atoms with Gasteiger partial charge in [0, 0.05) is 13.0 Å². The monoisotopic (exact) mass is 140 g/mol. The van der Waals surface area contributed by atoms with Crippen molar-refractivity contribution in [1.29, 1.82) is 0 Å². The smallest absolute Gasteiger partial charge is 0.124 e. The van der Waals surface area contributed by atoms with E-state index in [-0.39, 0.29) is 6.10 Å². The molecule has 10 heavy (non-hydrogen) atoms. The molecule has 1 saturated heterocycles. The Morgan fingerprint density at radius 3 is 3.10 bits per heavy atom. The Morgan fingerprint density at radius 1 is 1.80 bits per heavy atom. The highest BCUT2D eigenvalue weighted by molar-refractivity contribution is 5.54. The maximum absolute atomic E-state index is 10.1. The minimum Gasteiger partial charge on any atom is -0.374 e. The van der Waals surface area contributed by atoms with Gasteiger partial charge in [0.2, 0.25) is 0 Å². The summed E-state index contributed by atoms with van der Waals surface area (Å²) in [6.07, 6.45) is 3.62. The van der Waals surface area contributed by atoms with Gasteiger partial charge >= 0.3 is 0 Å². The molecule has 1 rings (SSSR count). The van der Waals surface area contributed by atoms with Gasteiger partial charge in [-0.3, -0.25) is 0 Å². The maximum Gasteiger partial charge on any atom is 0.124 e. The van der Waals surface area contributed by atoms with Crippen LogP contribution in [0.1, 0.15) is 19.3 Å². The second-order valence-electron chi connectivity index (χ2n) is 2.53. The lowest BCUT2D eigenvalue weighted by Crippen LogP contribution is -2.07. The number of ether oxygens (including phenoxy) is 1. The molecule has 2 nitrogen and oxygen atoms in total. The summed E-state index contributed by atoms with van der Waals surface area (Å²) in [5.74, 6) is 0. The molecule has 0 aromatic heterocycles. The van der Waals surface area contributed by atoms with E-state index in [0.717, 1.165) is 31.3 Å². The topological polar surface area (TPSA) is 26.3 Å². The summed E-state index contributed by atoms with van der Waals surface area (Å²) < 4.78 is 5.31. The van der Waals surface area contributed by atoms with E-state index in [1.807, 2.05) is 0 Å².